The third-order valence-electron chi connectivity index (χ3n) is 4.27. The Bertz CT molecular complexity index is 1260. The van der Waals surface area contributed by atoms with Crippen LogP contribution in [-0.4, -0.2) is 26.0 Å². The van der Waals surface area contributed by atoms with E-state index in [1.807, 2.05) is 0 Å². The summed E-state index contributed by atoms with van der Waals surface area (Å²) in [6.07, 6.45) is -3.18. The molecule has 0 atom stereocenters. The molecule has 31 heavy (non-hydrogen) atoms. The number of aromatic nitrogens is 1. The third-order valence-corrected chi connectivity index (χ3v) is 6.94. The molecule has 1 aromatic heterocycles. The van der Waals surface area contributed by atoms with Gasteiger partial charge in [-0.15, -0.1) is 0 Å². The number of H-pyrrole nitrogens is 1. The predicted octanol–water partition coefficient (Wildman–Crippen LogP) is 5.51. The summed E-state index contributed by atoms with van der Waals surface area (Å²) in [4.78, 5) is 14.4. The Kier molecular flexibility index (Phi) is 6.59. The van der Waals surface area contributed by atoms with Crippen LogP contribution in [0.5, 0.6) is 0 Å². The van der Waals surface area contributed by atoms with Crippen molar-refractivity contribution in [3.63, 3.8) is 0 Å². The van der Waals surface area contributed by atoms with Gasteiger partial charge in [0.2, 0.25) is 0 Å². The number of rotatable bonds is 6. The zero-order valence-corrected chi connectivity index (χ0v) is 19.0. The summed E-state index contributed by atoms with van der Waals surface area (Å²) in [7, 11) is -4.25. The van der Waals surface area contributed by atoms with Gasteiger partial charge in [-0.1, -0.05) is 11.6 Å². The average molecular weight is 540 g/mol. The lowest BCUT2D eigenvalue weighted by Crippen LogP contribution is -2.15. The lowest BCUT2D eigenvalue weighted by Gasteiger charge is -2.13. The fourth-order valence-corrected chi connectivity index (χ4v) is 5.26. The highest BCUT2D eigenvalue weighted by Gasteiger charge is 2.34. The summed E-state index contributed by atoms with van der Waals surface area (Å²) in [5.41, 5.74) is -0.413. The second-order valence-corrected chi connectivity index (χ2v) is 9.33. The molecule has 0 aliphatic carbocycles. The molecule has 0 spiro atoms. The van der Waals surface area contributed by atoms with Crippen molar-refractivity contribution in [3.05, 3.63) is 57.2 Å². The van der Waals surface area contributed by atoms with Crippen LogP contribution in [0.4, 0.5) is 18.9 Å². The van der Waals surface area contributed by atoms with Gasteiger partial charge < -0.3 is 9.72 Å². The molecule has 2 N–H and O–H groups in total. The molecular weight excluding hydrogens is 525 g/mol. The molecular formula is C19H15BrClF3N2O4S. The van der Waals surface area contributed by atoms with Gasteiger partial charge in [0.25, 0.3) is 10.0 Å². The molecule has 0 saturated carbocycles. The van der Waals surface area contributed by atoms with Crippen LogP contribution in [0.1, 0.15) is 18.1 Å². The maximum absolute atomic E-state index is 13.1. The fraction of sp³-hybridized carbons (Fsp3) is 0.211. The van der Waals surface area contributed by atoms with Crippen LogP contribution < -0.4 is 4.72 Å². The van der Waals surface area contributed by atoms with Gasteiger partial charge in [-0.25, -0.2) is 8.42 Å². The van der Waals surface area contributed by atoms with Crippen LogP contribution in [-0.2, 0) is 32.2 Å². The molecule has 12 heteroatoms. The van der Waals surface area contributed by atoms with Crippen LogP contribution >= 0.6 is 27.5 Å². The van der Waals surface area contributed by atoms with E-state index < -0.39 is 32.8 Å². The Morgan fingerprint density at radius 3 is 2.61 bits per heavy atom. The number of nitrogens with one attached hydrogen (secondary N) is 2. The lowest BCUT2D eigenvalue weighted by molar-refractivity contribution is -0.142. The van der Waals surface area contributed by atoms with E-state index in [0.29, 0.717) is 22.5 Å². The number of hydrogen-bond acceptors (Lipinski definition) is 4. The average Bonchev–Trinajstić information content (AvgIpc) is 3.03. The molecule has 6 nitrogen and oxygen atoms in total. The Labute approximate surface area is 188 Å². The van der Waals surface area contributed by atoms with Gasteiger partial charge in [-0.2, -0.15) is 13.2 Å². The Balaban J connectivity index is 1.96. The number of aromatic amines is 1. The maximum atomic E-state index is 13.1. The Morgan fingerprint density at radius 2 is 1.97 bits per heavy atom. The molecule has 2 aromatic carbocycles. The highest BCUT2D eigenvalue weighted by molar-refractivity contribution is 9.10. The van der Waals surface area contributed by atoms with Crippen molar-refractivity contribution in [3.8, 4) is 0 Å². The molecule has 0 fully saturated rings. The normalized spacial score (nSPS) is 12.2. The molecule has 3 aromatic rings. The molecule has 0 radical (unpaired) electrons. The van der Waals surface area contributed by atoms with E-state index in [-0.39, 0.29) is 28.1 Å². The van der Waals surface area contributed by atoms with Crippen molar-refractivity contribution in [2.24, 2.45) is 0 Å². The van der Waals surface area contributed by atoms with Crippen LogP contribution in [0.2, 0.25) is 5.02 Å². The van der Waals surface area contributed by atoms with Crippen molar-refractivity contribution in [1.29, 1.82) is 0 Å². The van der Waals surface area contributed by atoms with E-state index in [9.17, 15) is 26.4 Å². The second kappa shape index (κ2) is 8.71. The van der Waals surface area contributed by atoms with Crippen molar-refractivity contribution in [2.75, 3.05) is 11.3 Å². The van der Waals surface area contributed by atoms with Crippen LogP contribution in [0.15, 0.2) is 45.9 Å². The van der Waals surface area contributed by atoms with Crippen molar-refractivity contribution >= 4 is 60.1 Å². The van der Waals surface area contributed by atoms with Gasteiger partial charge in [0.15, 0.2) is 0 Å². The highest BCUT2D eigenvalue weighted by Crippen LogP contribution is 2.37. The van der Waals surface area contributed by atoms with Gasteiger partial charge in [0, 0.05) is 27.3 Å². The van der Waals surface area contributed by atoms with Crippen LogP contribution in [0.3, 0.4) is 0 Å². The molecule has 0 unspecified atom stereocenters. The number of carbonyl (C=O) groups is 1. The summed E-state index contributed by atoms with van der Waals surface area (Å²) < 4.78 is 72.1. The fourth-order valence-electron chi connectivity index (χ4n) is 2.92. The highest BCUT2D eigenvalue weighted by atomic mass is 79.9. The van der Waals surface area contributed by atoms with Gasteiger partial charge in [-0.05, 0) is 58.7 Å². The minimum atomic E-state index is -4.74. The zero-order valence-electron chi connectivity index (χ0n) is 15.8. The first-order valence-electron chi connectivity index (χ1n) is 8.77. The number of benzene rings is 2. The molecule has 3 rings (SSSR count). The summed E-state index contributed by atoms with van der Waals surface area (Å²) in [5.74, 6) is -0.430. The van der Waals surface area contributed by atoms with E-state index in [2.05, 4.69) is 25.6 Å². The first-order valence-corrected chi connectivity index (χ1v) is 11.4. The summed E-state index contributed by atoms with van der Waals surface area (Å²) in [6.45, 7) is 1.92. The van der Waals surface area contributed by atoms with Gasteiger partial charge in [-0.3, -0.25) is 9.52 Å². The first-order chi connectivity index (χ1) is 14.4. The van der Waals surface area contributed by atoms with Gasteiger partial charge in [0.1, 0.15) is 4.90 Å². The van der Waals surface area contributed by atoms with Gasteiger partial charge in [0.05, 0.1) is 23.6 Å². The van der Waals surface area contributed by atoms with Gasteiger partial charge >= 0.3 is 12.1 Å². The topological polar surface area (TPSA) is 88.3 Å². The molecule has 0 saturated heterocycles. The van der Waals surface area contributed by atoms with E-state index >= 15 is 0 Å². The van der Waals surface area contributed by atoms with Crippen molar-refractivity contribution in [1.82, 2.24) is 4.98 Å². The number of esters is 1. The summed E-state index contributed by atoms with van der Waals surface area (Å²) in [5, 5.41) is 0.0586. The monoisotopic (exact) mass is 538 g/mol. The largest absolute Gasteiger partial charge is 0.466 e. The SMILES string of the molecule is CCOC(=O)Cc1c[nH]c2cc(S(=O)(=O)Nc3ccc(Cl)c(C(F)(F)F)c3)c(Br)cc12. The Hall–Kier alpha value is -2.24. The zero-order chi connectivity index (χ0) is 23.0. The van der Waals surface area contributed by atoms with E-state index in [0.717, 1.165) is 12.1 Å². The second-order valence-electron chi connectivity index (χ2n) is 6.42. The molecule has 1 heterocycles. The van der Waals surface area contributed by atoms with E-state index in [1.54, 1.807) is 13.1 Å². The number of fused-ring (bicyclic) bond motifs is 1. The van der Waals surface area contributed by atoms with E-state index in [1.165, 1.54) is 12.1 Å². The van der Waals surface area contributed by atoms with Crippen molar-refractivity contribution in [2.45, 2.75) is 24.4 Å². The number of anilines is 1. The number of ether oxygens (including phenoxy) is 1. The number of sulfonamides is 1. The smallest absolute Gasteiger partial charge is 0.417 e. The standard InChI is InChI=1S/C19H15BrClF3N2O4S/c1-2-30-18(27)5-10-9-25-16-8-17(14(20)7-12(10)16)31(28,29)26-11-3-4-15(21)13(6-11)19(22,23)24/h3-4,6-9,25-26H,2,5H2,1H3. The van der Waals surface area contributed by atoms with Crippen LogP contribution in [0.25, 0.3) is 10.9 Å². The minimum absolute atomic E-state index is 0.00434. The molecule has 0 bridgehead atoms. The maximum Gasteiger partial charge on any atom is 0.417 e. The predicted molar refractivity (Wildman–Crippen MR) is 114 cm³/mol. The minimum Gasteiger partial charge on any atom is -0.466 e. The summed E-state index contributed by atoms with van der Waals surface area (Å²) >= 11 is 8.77. The molecule has 0 aliphatic heterocycles. The quantitative estimate of drug-likeness (QED) is 0.405. The summed E-state index contributed by atoms with van der Waals surface area (Å²) in [6, 6.07) is 5.55. The van der Waals surface area contributed by atoms with E-state index in [4.69, 9.17) is 16.3 Å². The number of hydrogen-bond donors (Lipinski definition) is 2. The van der Waals surface area contributed by atoms with Crippen molar-refractivity contribution < 1.29 is 31.1 Å². The third kappa shape index (κ3) is 5.16. The molecule has 166 valence electrons. The number of carbonyl (C=O) groups excluding carboxylic acids is 1. The molecule has 0 amide bonds. The Morgan fingerprint density at radius 1 is 1.26 bits per heavy atom. The first kappa shape index (κ1) is 23.4. The lowest BCUT2D eigenvalue weighted by atomic mass is 10.1. The van der Waals surface area contributed by atoms with Crippen LogP contribution in [0, 0.1) is 0 Å². The number of halogens is 5. The molecule has 0 aliphatic rings. The number of alkyl halides is 3.